The van der Waals surface area contributed by atoms with Gasteiger partial charge in [0.1, 0.15) is 11.3 Å². The lowest BCUT2D eigenvalue weighted by Gasteiger charge is -2.45. The highest BCUT2D eigenvalue weighted by Crippen LogP contribution is 2.37. The van der Waals surface area contributed by atoms with E-state index in [1.165, 1.54) is 5.56 Å². The summed E-state index contributed by atoms with van der Waals surface area (Å²) in [5, 5.41) is 9.85. The van der Waals surface area contributed by atoms with Gasteiger partial charge in [-0.25, -0.2) is 0 Å². The fourth-order valence-electron chi connectivity index (χ4n) is 4.94. The van der Waals surface area contributed by atoms with Crippen LogP contribution in [0.4, 0.5) is 0 Å². The molecule has 3 rings (SSSR count). The van der Waals surface area contributed by atoms with Crippen LogP contribution in [0.1, 0.15) is 44.2 Å². The Labute approximate surface area is 208 Å². The van der Waals surface area contributed by atoms with Crippen molar-refractivity contribution in [3.05, 3.63) is 77.9 Å². The third-order valence-electron chi connectivity index (χ3n) is 6.80. The predicted molar refractivity (Wildman–Crippen MR) is 137 cm³/mol. The number of carboxylic acids is 1. The van der Waals surface area contributed by atoms with Crippen LogP contribution in [-0.2, 0) is 27.2 Å². The van der Waals surface area contributed by atoms with E-state index >= 15 is 0 Å². The van der Waals surface area contributed by atoms with Gasteiger partial charge in [0.2, 0.25) is 0 Å². The highest BCUT2D eigenvalue weighted by molar-refractivity contribution is 5.89. The largest absolute Gasteiger partial charge is 0.493 e. The molecule has 0 saturated carbocycles. The lowest BCUT2D eigenvalue weighted by molar-refractivity contribution is -0.171. The molecule has 2 aromatic carbocycles. The standard InChI is InChI=1S/C29H37NO5/c1-3-30(4-2)29(20-11-10-16-25(29)27(31)32)28(33)35-22-12-21-34-26-17-9-8-15-24(26)19-18-23-13-6-5-7-14-23/h5-11,13-15,17,25H,3-4,12,16,18-22H2,1-2H3,(H,31,32). The number of carbonyl (C=O) groups is 2. The van der Waals surface area contributed by atoms with Crippen LogP contribution in [0.3, 0.4) is 0 Å². The summed E-state index contributed by atoms with van der Waals surface area (Å²) in [6.07, 6.45) is 6.75. The number of aryl methyl sites for hydroxylation is 2. The average Bonchev–Trinajstić information content (AvgIpc) is 2.89. The highest BCUT2D eigenvalue weighted by Gasteiger charge is 2.53. The van der Waals surface area contributed by atoms with Crippen LogP contribution in [-0.4, -0.2) is 53.8 Å². The number of hydrogen-bond donors (Lipinski definition) is 1. The Morgan fingerprint density at radius 2 is 1.69 bits per heavy atom. The van der Waals surface area contributed by atoms with Crippen LogP contribution in [0.2, 0.25) is 0 Å². The third kappa shape index (κ3) is 6.51. The maximum absolute atomic E-state index is 13.3. The number of para-hydroxylation sites is 1. The summed E-state index contributed by atoms with van der Waals surface area (Å²) in [6.45, 7) is 5.64. The van der Waals surface area contributed by atoms with Crippen molar-refractivity contribution in [1.82, 2.24) is 4.90 Å². The molecule has 2 aromatic rings. The molecule has 0 saturated heterocycles. The predicted octanol–water partition coefficient (Wildman–Crippen LogP) is 4.92. The van der Waals surface area contributed by atoms with Gasteiger partial charge >= 0.3 is 11.9 Å². The van der Waals surface area contributed by atoms with Crippen LogP contribution < -0.4 is 4.74 Å². The van der Waals surface area contributed by atoms with Crippen molar-refractivity contribution in [3.63, 3.8) is 0 Å². The number of carboxylic acid groups (broad SMARTS) is 1. The van der Waals surface area contributed by atoms with Crippen LogP contribution in [0.15, 0.2) is 66.7 Å². The Balaban J connectivity index is 1.55. The van der Waals surface area contributed by atoms with Crippen molar-refractivity contribution in [2.45, 2.75) is 51.5 Å². The first-order valence-electron chi connectivity index (χ1n) is 12.6. The van der Waals surface area contributed by atoms with E-state index in [0.29, 0.717) is 39.0 Å². The minimum absolute atomic E-state index is 0.185. The molecular formula is C29H37NO5. The monoisotopic (exact) mass is 479 g/mol. The zero-order chi connectivity index (χ0) is 25.1. The topological polar surface area (TPSA) is 76.1 Å². The third-order valence-corrected chi connectivity index (χ3v) is 6.80. The van der Waals surface area contributed by atoms with Gasteiger partial charge < -0.3 is 14.6 Å². The molecule has 6 heteroatoms. The number of ether oxygens (including phenoxy) is 2. The minimum Gasteiger partial charge on any atom is -0.493 e. The van der Waals surface area contributed by atoms with Crippen molar-refractivity contribution in [2.24, 2.45) is 5.92 Å². The van der Waals surface area contributed by atoms with E-state index in [1.807, 2.05) is 67.3 Å². The number of carbonyl (C=O) groups excluding carboxylic acids is 1. The van der Waals surface area contributed by atoms with Crippen molar-refractivity contribution >= 4 is 11.9 Å². The summed E-state index contributed by atoms with van der Waals surface area (Å²) in [5.41, 5.74) is 1.26. The maximum atomic E-state index is 13.3. The van der Waals surface area contributed by atoms with Gasteiger partial charge in [0.25, 0.3) is 0 Å². The van der Waals surface area contributed by atoms with Gasteiger partial charge in [0.05, 0.1) is 19.1 Å². The number of nitrogens with zero attached hydrogens (tertiary/aromatic N) is 1. The quantitative estimate of drug-likeness (QED) is 0.250. The number of aliphatic carboxylic acids is 1. The van der Waals surface area contributed by atoms with Crippen LogP contribution in [0.5, 0.6) is 5.75 Å². The van der Waals surface area contributed by atoms with E-state index in [-0.39, 0.29) is 6.61 Å². The first-order chi connectivity index (χ1) is 17.0. The Hall–Kier alpha value is -3.12. The molecule has 0 fully saturated rings. The van der Waals surface area contributed by atoms with E-state index in [0.717, 1.165) is 24.2 Å². The average molecular weight is 480 g/mol. The molecule has 1 aliphatic rings. The summed E-state index contributed by atoms with van der Waals surface area (Å²) in [5.74, 6) is -1.40. The van der Waals surface area contributed by atoms with Crippen molar-refractivity contribution < 1.29 is 24.2 Å². The van der Waals surface area contributed by atoms with Crippen molar-refractivity contribution in [1.29, 1.82) is 0 Å². The zero-order valence-corrected chi connectivity index (χ0v) is 20.8. The molecule has 1 N–H and O–H groups in total. The Morgan fingerprint density at radius 3 is 2.40 bits per heavy atom. The van der Waals surface area contributed by atoms with Gasteiger partial charge in [-0.2, -0.15) is 0 Å². The lowest BCUT2D eigenvalue weighted by Crippen LogP contribution is -2.62. The molecule has 0 amide bonds. The zero-order valence-electron chi connectivity index (χ0n) is 20.8. The van der Waals surface area contributed by atoms with Gasteiger partial charge in [-0.05, 0) is 56.0 Å². The van der Waals surface area contributed by atoms with E-state index in [4.69, 9.17) is 9.47 Å². The molecule has 0 aliphatic heterocycles. The summed E-state index contributed by atoms with van der Waals surface area (Å²) < 4.78 is 11.7. The van der Waals surface area contributed by atoms with E-state index < -0.39 is 23.4 Å². The van der Waals surface area contributed by atoms with Crippen LogP contribution in [0.25, 0.3) is 0 Å². The highest BCUT2D eigenvalue weighted by atomic mass is 16.5. The second-order valence-electron chi connectivity index (χ2n) is 8.83. The molecular weight excluding hydrogens is 442 g/mol. The van der Waals surface area contributed by atoms with Gasteiger partial charge in [-0.3, -0.25) is 14.5 Å². The van der Waals surface area contributed by atoms with Crippen LogP contribution >= 0.6 is 0 Å². The number of benzene rings is 2. The fraction of sp³-hybridized carbons (Fsp3) is 0.448. The van der Waals surface area contributed by atoms with Gasteiger partial charge in [-0.15, -0.1) is 0 Å². The first kappa shape index (κ1) is 26.5. The van der Waals surface area contributed by atoms with E-state index in [2.05, 4.69) is 18.2 Å². The van der Waals surface area contributed by atoms with Crippen molar-refractivity contribution in [3.8, 4) is 5.75 Å². The fourth-order valence-corrected chi connectivity index (χ4v) is 4.94. The Bertz CT molecular complexity index is 986. The smallest absolute Gasteiger partial charge is 0.327 e. The minimum atomic E-state index is -1.17. The summed E-state index contributed by atoms with van der Waals surface area (Å²) in [6, 6.07) is 18.4. The molecule has 35 heavy (non-hydrogen) atoms. The first-order valence-corrected chi connectivity index (χ1v) is 12.6. The second-order valence-corrected chi connectivity index (χ2v) is 8.83. The van der Waals surface area contributed by atoms with Gasteiger partial charge in [0, 0.05) is 6.42 Å². The summed E-state index contributed by atoms with van der Waals surface area (Å²) in [7, 11) is 0. The number of likely N-dealkylation sites (N-methyl/N-ethyl adjacent to an activating group) is 1. The lowest BCUT2D eigenvalue weighted by atomic mass is 9.74. The molecule has 0 spiro atoms. The SMILES string of the molecule is CCN(CC)C1(C(=O)OCCCOc2ccccc2CCc2ccccc2)CC=CCC1C(=O)O. The molecule has 0 radical (unpaired) electrons. The second kappa shape index (κ2) is 13.1. The number of esters is 1. The molecule has 6 nitrogen and oxygen atoms in total. The number of hydrogen-bond acceptors (Lipinski definition) is 5. The summed E-state index contributed by atoms with van der Waals surface area (Å²) in [4.78, 5) is 27.3. The molecule has 188 valence electrons. The molecule has 0 aromatic heterocycles. The number of allylic oxidation sites excluding steroid dienone is 1. The molecule has 0 heterocycles. The Kier molecular flexibility index (Phi) is 9.91. The van der Waals surface area contributed by atoms with Crippen molar-refractivity contribution in [2.75, 3.05) is 26.3 Å². The van der Waals surface area contributed by atoms with Crippen LogP contribution in [0, 0.1) is 5.92 Å². The van der Waals surface area contributed by atoms with Gasteiger partial charge in [0.15, 0.2) is 0 Å². The summed E-state index contributed by atoms with van der Waals surface area (Å²) >= 11 is 0. The van der Waals surface area contributed by atoms with Gasteiger partial charge in [-0.1, -0.05) is 74.5 Å². The Morgan fingerprint density at radius 1 is 0.971 bits per heavy atom. The molecule has 2 unspecified atom stereocenters. The normalized spacial score (nSPS) is 19.5. The maximum Gasteiger partial charge on any atom is 0.327 e. The van der Waals surface area contributed by atoms with E-state index in [9.17, 15) is 14.7 Å². The number of rotatable bonds is 13. The molecule has 1 aliphatic carbocycles. The van der Waals surface area contributed by atoms with E-state index in [1.54, 1.807) is 0 Å². The molecule has 2 atom stereocenters. The molecule has 0 bridgehead atoms.